The first kappa shape index (κ1) is 9.36. The van der Waals surface area contributed by atoms with Crippen LogP contribution in [0, 0.1) is 0 Å². The van der Waals surface area contributed by atoms with Crippen LogP contribution in [-0.2, 0) is 4.52 Å². The highest BCUT2D eigenvalue weighted by molar-refractivity contribution is 7.60. The van der Waals surface area contributed by atoms with Gasteiger partial charge in [-0.2, -0.15) is 9.42 Å². The highest BCUT2D eigenvalue weighted by Gasteiger charge is 2.53. The van der Waals surface area contributed by atoms with E-state index in [0.29, 0.717) is 6.61 Å². The third-order valence-corrected chi connectivity index (χ3v) is 4.72. The largest absolute Gasteiger partial charge is 0.433 e. The lowest BCUT2D eigenvalue weighted by Crippen LogP contribution is -2.21. The Morgan fingerprint density at radius 2 is 1.82 bits per heavy atom. The molecule has 1 aliphatic heterocycles. The van der Waals surface area contributed by atoms with Crippen molar-refractivity contribution in [3.8, 4) is 0 Å². The van der Waals surface area contributed by atoms with Crippen LogP contribution in [0.5, 0.6) is 0 Å². The molecule has 1 saturated heterocycles. The lowest BCUT2D eigenvalue weighted by atomic mass is 10.6. The Morgan fingerprint density at radius 1 is 1.36 bits per heavy atom. The van der Waals surface area contributed by atoms with Crippen molar-refractivity contribution in [1.29, 1.82) is 0 Å². The molecule has 0 unspecified atom stereocenters. The Kier molecular flexibility index (Phi) is 2.84. The van der Waals surface area contributed by atoms with E-state index >= 15 is 0 Å². The Bertz CT molecular complexity index is 135. The Hall–Kier alpha value is 0.270. The van der Waals surface area contributed by atoms with Crippen LogP contribution in [0.25, 0.3) is 0 Å². The molecule has 0 aromatic rings. The highest BCUT2D eigenvalue weighted by atomic mass is 31.2. The molecule has 1 aliphatic rings. The van der Waals surface area contributed by atoms with Crippen molar-refractivity contribution in [3.05, 3.63) is 0 Å². The van der Waals surface area contributed by atoms with E-state index < -0.39 is 8.02 Å². The molecule has 1 heterocycles. The Morgan fingerprint density at radius 3 is 2.18 bits per heavy atom. The lowest BCUT2D eigenvalue weighted by Gasteiger charge is -2.21. The maximum absolute atomic E-state index is 9.97. The average Bonchev–Trinajstić information content (AvgIpc) is 2.19. The van der Waals surface area contributed by atoms with Gasteiger partial charge in [-0.1, -0.05) is 0 Å². The smallest absolute Gasteiger partial charge is 0.187 e. The first-order valence-electron chi connectivity index (χ1n) is 3.81. The van der Waals surface area contributed by atoms with E-state index in [2.05, 4.69) is 0 Å². The molecule has 0 amide bonds. The lowest BCUT2D eigenvalue weighted by molar-refractivity contribution is 0.243. The molecular formula is C6H16N2O2P+. The van der Waals surface area contributed by atoms with Gasteiger partial charge in [-0.3, -0.25) is 0 Å². The molecule has 0 atom stereocenters. The van der Waals surface area contributed by atoms with Crippen molar-refractivity contribution in [2.75, 3.05) is 33.8 Å². The summed E-state index contributed by atoms with van der Waals surface area (Å²) in [6, 6.07) is 0. The van der Waals surface area contributed by atoms with Gasteiger partial charge in [0.2, 0.25) is 0 Å². The molecule has 0 aliphatic carbocycles. The number of hydrogen-bond donors (Lipinski definition) is 1. The molecule has 11 heavy (non-hydrogen) atoms. The van der Waals surface area contributed by atoms with Gasteiger partial charge in [0.1, 0.15) is 0 Å². The van der Waals surface area contributed by atoms with E-state index in [1.807, 2.05) is 30.4 Å². The van der Waals surface area contributed by atoms with Crippen LogP contribution in [0.2, 0.25) is 0 Å². The van der Waals surface area contributed by atoms with Crippen LogP contribution in [0.1, 0.15) is 6.92 Å². The van der Waals surface area contributed by atoms with Crippen LogP contribution in [0.3, 0.4) is 0 Å². The molecule has 1 N–H and O–H groups in total. The number of likely N-dealkylation sites (N-methyl/N-ethyl adjacent to an activating group) is 2. The maximum Gasteiger partial charge on any atom is 0.433 e. The molecule has 1 fully saturated rings. The van der Waals surface area contributed by atoms with E-state index in [1.165, 1.54) is 0 Å². The molecule has 0 radical (unpaired) electrons. The summed E-state index contributed by atoms with van der Waals surface area (Å²) in [4.78, 5) is 9.97. The molecule has 0 spiro atoms. The molecule has 0 aromatic carbocycles. The molecule has 0 aromatic heterocycles. The Labute approximate surface area is 68.4 Å². The van der Waals surface area contributed by atoms with Crippen molar-refractivity contribution in [2.45, 2.75) is 6.92 Å². The van der Waals surface area contributed by atoms with E-state index in [4.69, 9.17) is 4.52 Å². The fourth-order valence-corrected chi connectivity index (χ4v) is 3.14. The third-order valence-electron chi connectivity index (χ3n) is 1.94. The quantitative estimate of drug-likeness (QED) is 0.629. The molecular weight excluding hydrogens is 163 g/mol. The van der Waals surface area contributed by atoms with Crippen LogP contribution >= 0.6 is 8.02 Å². The maximum atomic E-state index is 9.97. The summed E-state index contributed by atoms with van der Waals surface area (Å²) in [6.07, 6.45) is 0. The van der Waals surface area contributed by atoms with Crippen LogP contribution in [0.4, 0.5) is 0 Å². The summed E-state index contributed by atoms with van der Waals surface area (Å²) in [5.41, 5.74) is 0. The minimum atomic E-state index is -2.34. The molecule has 1 rings (SSSR count). The monoisotopic (exact) mass is 179 g/mol. The van der Waals surface area contributed by atoms with Crippen molar-refractivity contribution < 1.29 is 9.42 Å². The second-order valence-corrected chi connectivity index (χ2v) is 5.34. The fourth-order valence-electron chi connectivity index (χ4n) is 1.18. The second kappa shape index (κ2) is 3.33. The zero-order valence-corrected chi connectivity index (χ0v) is 8.21. The van der Waals surface area contributed by atoms with Gasteiger partial charge in [0, 0.05) is 14.1 Å². The van der Waals surface area contributed by atoms with Crippen LogP contribution in [0.15, 0.2) is 0 Å². The van der Waals surface area contributed by atoms with E-state index in [-0.39, 0.29) is 0 Å². The van der Waals surface area contributed by atoms with E-state index in [1.54, 1.807) is 0 Å². The number of nitrogens with zero attached hydrogens (tertiary/aromatic N) is 2. The SMILES string of the molecule is CCO[P+]1(O)N(C)CCN1C. The second-order valence-electron chi connectivity index (χ2n) is 2.69. The number of hydrogen-bond acceptors (Lipinski definition) is 4. The first-order valence-corrected chi connectivity index (χ1v) is 5.37. The molecule has 0 saturated carbocycles. The van der Waals surface area contributed by atoms with E-state index in [0.717, 1.165) is 13.1 Å². The summed E-state index contributed by atoms with van der Waals surface area (Å²) in [6.45, 7) is 4.25. The minimum absolute atomic E-state index is 0.568. The van der Waals surface area contributed by atoms with Crippen molar-refractivity contribution in [2.24, 2.45) is 0 Å². The van der Waals surface area contributed by atoms with E-state index in [9.17, 15) is 4.89 Å². The molecule has 0 bridgehead atoms. The summed E-state index contributed by atoms with van der Waals surface area (Å²) in [5.74, 6) is 0. The Balaban J connectivity index is 2.63. The van der Waals surface area contributed by atoms with Gasteiger partial charge in [0.15, 0.2) is 0 Å². The van der Waals surface area contributed by atoms with Gasteiger partial charge in [0.25, 0.3) is 0 Å². The zero-order valence-electron chi connectivity index (χ0n) is 7.32. The van der Waals surface area contributed by atoms with Crippen molar-refractivity contribution >= 4 is 8.02 Å². The van der Waals surface area contributed by atoms with Crippen molar-refractivity contribution in [1.82, 2.24) is 9.34 Å². The fraction of sp³-hybridized carbons (Fsp3) is 1.00. The summed E-state index contributed by atoms with van der Waals surface area (Å²) >= 11 is 0. The van der Waals surface area contributed by atoms with Crippen LogP contribution in [-0.4, -0.2) is 48.0 Å². The zero-order chi connectivity index (χ0) is 8.48. The van der Waals surface area contributed by atoms with Gasteiger partial charge in [-0.05, 0) is 6.92 Å². The summed E-state index contributed by atoms with van der Waals surface area (Å²) < 4.78 is 9.13. The summed E-state index contributed by atoms with van der Waals surface area (Å²) in [7, 11) is 1.46. The summed E-state index contributed by atoms with van der Waals surface area (Å²) in [5, 5.41) is 0. The van der Waals surface area contributed by atoms with Gasteiger partial charge in [-0.15, -0.1) is 9.34 Å². The normalized spacial score (nSPS) is 26.2. The highest BCUT2D eigenvalue weighted by Crippen LogP contribution is 2.63. The topological polar surface area (TPSA) is 35.9 Å². The predicted octanol–water partition coefficient (Wildman–Crippen LogP) is 0.570. The molecule has 5 heteroatoms. The predicted molar refractivity (Wildman–Crippen MR) is 46.0 cm³/mol. The molecule has 66 valence electrons. The minimum Gasteiger partial charge on any atom is -0.187 e. The average molecular weight is 179 g/mol. The van der Waals surface area contributed by atoms with Crippen LogP contribution < -0.4 is 0 Å². The number of rotatable bonds is 2. The van der Waals surface area contributed by atoms with Gasteiger partial charge in [-0.25, -0.2) is 0 Å². The first-order chi connectivity index (χ1) is 5.11. The third kappa shape index (κ3) is 1.55. The van der Waals surface area contributed by atoms with Crippen molar-refractivity contribution in [3.63, 3.8) is 0 Å². The van der Waals surface area contributed by atoms with Gasteiger partial charge in [0.05, 0.1) is 19.7 Å². The molecule has 4 nitrogen and oxygen atoms in total. The van der Waals surface area contributed by atoms with Gasteiger partial charge < -0.3 is 0 Å². The standard InChI is InChI=1S/C6H16N2O2P/c1-4-10-11(9)7(2)5-6-8(11)3/h9H,4-6H2,1-3H3/q+1. The van der Waals surface area contributed by atoms with Gasteiger partial charge >= 0.3 is 8.02 Å².